The van der Waals surface area contributed by atoms with Gasteiger partial charge in [-0.2, -0.15) is 4.40 Å². The fraction of sp³-hybridized carbons (Fsp3) is 0.562. The molecule has 1 aliphatic rings. The summed E-state index contributed by atoms with van der Waals surface area (Å²) >= 11 is 2.16. The molecule has 0 radical (unpaired) electrons. The summed E-state index contributed by atoms with van der Waals surface area (Å²) in [5, 5.41) is 0. The molecule has 2 atom stereocenters. The third-order valence-electron chi connectivity index (χ3n) is 3.58. The van der Waals surface area contributed by atoms with Gasteiger partial charge in [0.15, 0.2) is 11.6 Å². The number of rotatable bonds is 3. The normalized spacial score (nSPS) is 22.7. The van der Waals surface area contributed by atoms with E-state index in [0.29, 0.717) is 27.9 Å². The third kappa shape index (κ3) is 3.75. The molecule has 3 nitrogen and oxygen atoms in total. The topological polar surface area (TPSA) is 38.7 Å². The van der Waals surface area contributed by atoms with Crippen LogP contribution in [0.5, 0.6) is 5.75 Å². The van der Waals surface area contributed by atoms with Crippen molar-refractivity contribution in [2.45, 2.75) is 51.4 Å². The van der Waals surface area contributed by atoms with Crippen molar-refractivity contribution in [3.63, 3.8) is 0 Å². The quantitative estimate of drug-likeness (QED) is 0.386. The predicted octanol–water partition coefficient (Wildman–Crippen LogP) is 4.36. The monoisotopic (exact) mass is 455 g/mol. The SMILES string of the molecule is CC(=NS(=O)C(C)(C)C)c1cc(F)c(F)c2c1OC(C)(CI)C2. The summed E-state index contributed by atoms with van der Waals surface area (Å²) in [7, 11) is -1.48. The summed E-state index contributed by atoms with van der Waals surface area (Å²) in [6.07, 6.45) is 0.303. The number of fused-ring (bicyclic) bond motifs is 1. The lowest BCUT2D eigenvalue weighted by Gasteiger charge is -2.21. The van der Waals surface area contributed by atoms with Gasteiger partial charge in [0.1, 0.15) is 22.3 Å². The number of alkyl halides is 1. The van der Waals surface area contributed by atoms with Gasteiger partial charge < -0.3 is 4.74 Å². The smallest absolute Gasteiger partial charge is 0.165 e. The van der Waals surface area contributed by atoms with Crippen LogP contribution in [0.1, 0.15) is 45.7 Å². The van der Waals surface area contributed by atoms with Crippen molar-refractivity contribution in [1.29, 1.82) is 0 Å². The maximum Gasteiger partial charge on any atom is 0.165 e. The second-order valence-electron chi connectivity index (χ2n) is 6.93. The van der Waals surface area contributed by atoms with Gasteiger partial charge in [-0.1, -0.05) is 22.6 Å². The van der Waals surface area contributed by atoms with Gasteiger partial charge in [0.05, 0.1) is 10.5 Å². The Labute approximate surface area is 151 Å². The van der Waals surface area contributed by atoms with Gasteiger partial charge in [-0.05, 0) is 40.7 Å². The van der Waals surface area contributed by atoms with Crippen LogP contribution in [0.15, 0.2) is 10.5 Å². The molecule has 128 valence electrons. The van der Waals surface area contributed by atoms with Gasteiger partial charge in [0.2, 0.25) is 0 Å². The standard InChI is InChI=1S/C16H20F2INO2S/c1-9(20-23(21)15(2,3)4)10-6-12(17)13(18)11-7-16(5,8-19)22-14(10)11/h6H,7-8H2,1-5H3. The lowest BCUT2D eigenvalue weighted by atomic mass is 9.98. The van der Waals surface area contributed by atoms with Gasteiger partial charge >= 0.3 is 0 Å². The summed E-state index contributed by atoms with van der Waals surface area (Å²) in [5.74, 6) is -1.49. The maximum absolute atomic E-state index is 14.1. The molecule has 0 bridgehead atoms. The number of halogens is 3. The van der Waals surface area contributed by atoms with Crippen molar-refractivity contribution in [3.8, 4) is 5.75 Å². The van der Waals surface area contributed by atoms with Crippen LogP contribution in [-0.4, -0.2) is 24.7 Å². The van der Waals surface area contributed by atoms with Crippen molar-refractivity contribution in [2.75, 3.05) is 4.43 Å². The van der Waals surface area contributed by atoms with Crippen LogP contribution in [0.25, 0.3) is 0 Å². The Hall–Kier alpha value is -0.570. The molecule has 1 heterocycles. The molecule has 1 aromatic carbocycles. The van der Waals surface area contributed by atoms with Crippen LogP contribution in [0.3, 0.4) is 0 Å². The van der Waals surface area contributed by atoms with E-state index in [2.05, 4.69) is 27.0 Å². The fourth-order valence-corrected chi connectivity index (χ4v) is 3.29. The van der Waals surface area contributed by atoms with Gasteiger partial charge in [0.25, 0.3) is 0 Å². The van der Waals surface area contributed by atoms with Crippen LogP contribution in [-0.2, 0) is 17.4 Å². The van der Waals surface area contributed by atoms with E-state index in [4.69, 9.17) is 4.74 Å². The first-order valence-corrected chi connectivity index (χ1v) is 9.85. The minimum atomic E-state index is -1.48. The molecule has 0 spiro atoms. The Morgan fingerprint density at radius 2 is 2.09 bits per heavy atom. The number of hydrogen-bond acceptors (Lipinski definition) is 2. The zero-order chi connectivity index (χ0) is 17.6. The van der Waals surface area contributed by atoms with Crippen LogP contribution < -0.4 is 4.74 Å². The Morgan fingerprint density at radius 3 is 2.61 bits per heavy atom. The van der Waals surface area contributed by atoms with Crippen LogP contribution in [0.4, 0.5) is 8.78 Å². The van der Waals surface area contributed by atoms with Crippen LogP contribution in [0, 0.1) is 11.6 Å². The Kier molecular flexibility index (Phi) is 5.21. The molecule has 0 aliphatic carbocycles. The van der Waals surface area contributed by atoms with Crippen LogP contribution >= 0.6 is 22.6 Å². The summed E-state index contributed by atoms with van der Waals surface area (Å²) in [5.41, 5.74) is 0.405. The van der Waals surface area contributed by atoms with E-state index in [1.54, 1.807) is 27.7 Å². The van der Waals surface area contributed by atoms with Crippen molar-refractivity contribution < 1.29 is 17.7 Å². The molecule has 0 saturated heterocycles. The van der Waals surface area contributed by atoms with E-state index >= 15 is 0 Å². The zero-order valence-corrected chi connectivity index (χ0v) is 16.8. The predicted molar refractivity (Wildman–Crippen MR) is 98.1 cm³/mol. The van der Waals surface area contributed by atoms with Crippen molar-refractivity contribution >= 4 is 39.3 Å². The van der Waals surface area contributed by atoms with E-state index < -0.39 is 33.0 Å². The largest absolute Gasteiger partial charge is 0.485 e. The lowest BCUT2D eigenvalue weighted by Crippen LogP contribution is -2.32. The van der Waals surface area contributed by atoms with E-state index in [-0.39, 0.29) is 5.56 Å². The molecular formula is C16H20F2INO2S. The highest BCUT2D eigenvalue weighted by Crippen LogP contribution is 2.41. The number of nitrogens with zero attached hydrogens (tertiary/aromatic N) is 1. The van der Waals surface area contributed by atoms with E-state index in [1.807, 2.05) is 6.92 Å². The van der Waals surface area contributed by atoms with E-state index in [1.165, 1.54) is 0 Å². The van der Waals surface area contributed by atoms with E-state index in [9.17, 15) is 13.0 Å². The maximum atomic E-state index is 14.1. The van der Waals surface area contributed by atoms with Gasteiger partial charge in [-0.15, -0.1) is 0 Å². The average Bonchev–Trinajstić information content (AvgIpc) is 2.80. The summed E-state index contributed by atoms with van der Waals surface area (Å²) < 4.78 is 50.5. The van der Waals surface area contributed by atoms with Gasteiger partial charge in [-0.3, -0.25) is 0 Å². The molecule has 1 aliphatic heterocycles. The Morgan fingerprint density at radius 1 is 1.48 bits per heavy atom. The Balaban J connectivity index is 2.55. The lowest BCUT2D eigenvalue weighted by molar-refractivity contribution is 0.147. The molecule has 0 amide bonds. The zero-order valence-electron chi connectivity index (χ0n) is 13.8. The second kappa shape index (κ2) is 6.38. The molecule has 0 saturated carbocycles. The minimum absolute atomic E-state index is 0.232. The minimum Gasteiger partial charge on any atom is -0.485 e. The number of benzene rings is 1. The Bertz CT molecular complexity index is 700. The molecule has 7 heteroatoms. The molecule has 1 aromatic rings. The van der Waals surface area contributed by atoms with E-state index in [0.717, 1.165) is 6.07 Å². The number of ether oxygens (including phenoxy) is 1. The molecule has 2 unspecified atom stereocenters. The molecule has 0 N–H and O–H groups in total. The van der Waals surface area contributed by atoms with Crippen molar-refractivity contribution in [3.05, 3.63) is 28.8 Å². The van der Waals surface area contributed by atoms with Crippen molar-refractivity contribution in [2.24, 2.45) is 4.40 Å². The third-order valence-corrected chi connectivity index (χ3v) is 6.68. The first-order valence-electron chi connectivity index (χ1n) is 7.22. The molecular weight excluding hydrogens is 435 g/mol. The number of hydrogen-bond donors (Lipinski definition) is 0. The average molecular weight is 455 g/mol. The molecule has 0 aromatic heterocycles. The molecule has 23 heavy (non-hydrogen) atoms. The molecule has 0 fully saturated rings. The van der Waals surface area contributed by atoms with Gasteiger partial charge in [-0.25, -0.2) is 13.0 Å². The van der Waals surface area contributed by atoms with Crippen LogP contribution in [0.2, 0.25) is 0 Å². The highest BCUT2D eigenvalue weighted by Gasteiger charge is 2.39. The highest BCUT2D eigenvalue weighted by atomic mass is 127. The first kappa shape index (κ1) is 18.8. The fourth-order valence-electron chi connectivity index (χ4n) is 2.25. The first-order chi connectivity index (χ1) is 10.5. The molecule has 2 rings (SSSR count). The summed E-state index contributed by atoms with van der Waals surface area (Å²) in [6, 6.07) is 1.08. The van der Waals surface area contributed by atoms with Gasteiger partial charge in [0, 0.05) is 22.0 Å². The summed E-state index contributed by atoms with van der Waals surface area (Å²) in [6.45, 7) is 8.91. The highest BCUT2D eigenvalue weighted by molar-refractivity contribution is 14.1. The summed E-state index contributed by atoms with van der Waals surface area (Å²) in [4.78, 5) is 0. The van der Waals surface area contributed by atoms with Crippen molar-refractivity contribution in [1.82, 2.24) is 0 Å². The second-order valence-corrected chi connectivity index (χ2v) is 9.60.